The highest BCUT2D eigenvalue weighted by atomic mass is 79.9. The number of methoxy groups -OCH3 is 2. The van der Waals surface area contributed by atoms with Crippen LogP contribution in [0.1, 0.15) is 31.9 Å². The van der Waals surface area contributed by atoms with Crippen LogP contribution in [0.3, 0.4) is 0 Å². The molecule has 0 heterocycles. The molecule has 0 aliphatic carbocycles. The van der Waals surface area contributed by atoms with Crippen molar-refractivity contribution in [3.05, 3.63) is 52.0 Å². The van der Waals surface area contributed by atoms with Gasteiger partial charge in [0.05, 0.1) is 25.3 Å². The Bertz CT molecular complexity index is 647. The SMILES string of the molecule is CC.CCOc1ccc(CNCc2ccc(OC)cc2OC)cc1Br. The first-order chi connectivity index (χ1) is 12.2. The quantitative estimate of drug-likeness (QED) is 0.651. The van der Waals surface area contributed by atoms with E-state index in [-0.39, 0.29) is 0 Å². The van der Waals surface area contributed by atoms with Crippen LogP contribution >= 0.6 is 15.9 Å². The minimum absolute atomic E-state index is 0.660. The number of hydrogen-bond donors (Lipinski definition) is 1. The van der Waals surface area contributed by atoms with Crippen LogP contribution in [0, 0.1) is 0 Å². The van der Waals surface area contributed by atoms with Gasteiger partial charge >= 0.3 is 0 Å². The summed E-state index contributed by atoms with van der Waals surface area (Å²) in [5, 5.41) is 3.43. The van der Waals surface area contributed by atoms with Crippen molar-refractivity contribution in [1.29, 1.82) is 0 Å². The minimum atomic E-state index is 0.660. The Morgan fingerprint density at radius 3 is 2.28 bits per heavy atom. The highest BCUT2D eigenvalue weighted by Crippen LogP contribution is 2.27. The molecule has 0 saturated carbocycles. The zero-order valence-electron chi connectivity index (χ0n) is 15.7. The van der Waals surface area contributed by atoms with Gasteiger partial charge in [0.2, 0.25) is 0 Å². The summed E-state index contributed by atoms with van der Waals surface area (Å²) in [6.07, 6.45) is 0. The van der Waals surface area contributed by atoms with Gasteiger partial charge in [0, 0.05) is 24.7 Å². The van der Waals surface area contributed by atoms with Gasteiger partial charge in [-0.2, -0.15) is 0 Å². The number of ether oxygens (including phenoxy) is 3. The molecule has 5 heteroatoms. The predicted octanol–water partition coefficient (Wildman–Crippen LogP) is 5.18. The van der Waals surface area contributed by atoms with Crippen molar-refractivity contribution in [1.82, 2.24) is 5.32 Å². The lowest BCUT2D eigenvalue weighted by atomic mass is 10.1. The Morgan fingerprint density at radius 1 is 0.920 bits per heavy atom. The highest BCUT2D eigenvalue weighted by molar-refractivity contribution is 9.10. The van der Waals surface area contributed by atoms with Gasteiger partial charge in [0.1, 0.15) is 17.2 Å². The van der Waals surface area contributed by atoms with Crippen molar-refractivity contribution in [2.75, 3.05) is 20.8 Å². The third kappa shape index (κ3) is 6.59. The van der Waals surface area contributed by atoms with Crippen molar-refractivity contribution in [2.24, 2.45) is 0 Å². The van der Waals surface area contributed by atoms with Crippen LogP contribution in [0.5, 0.6) is 17.2 Å². The smallest absolute Gasteiger partial charge is 0.133 e. The Kier molecular flexibility index (Phi) is 10.0. The molecular weight excluding hydrogens is 382 g/mol. The highest BCUT2D eigenvalue weighted by Gasteiger charge is 2.06. The number of nitrogens with one attached hydrogen (secondary N) is 1. The van der Waals surface area contributed by atoms with E-state index in [2.05, 4.69) is 33.4 Å². The van der Waals surface area contributed by atoms with Gasteiger partial charge in [-0.15, -0.1) is 0 Å². The predicted molar refractivity (Wildman–Crippen MR) is 107 cm³/mol. The van der Waals surface area contributed by atoms with E-state index in [4.69, 9.17) is 14.2 Å². The monoisotopic (exact) mass is 409 g/mol. The van der Waals surface area contributed by atoms with Gasteiger partial charge in [0.15, 0.2) is 0 Å². The number of halogens is 1. The van der Waals surface area contributed by atoms with Crippen LogP contribution in [-0.4, -0.2) is 20.8 Å². The maximum atomic E-state index is 5.52. The van der Waals surface area contributed by atoms with E-state index in [0.717, 1.165) is 40.4 Å². The molecule has 4 nitrogen and oxygen atoms in total. The fraction of sp³-hybridized carbons (Fsp3) is 0.400. The van der Waals surface area contributed by atoms with Gasteiger partial charge in [-0.05, 0) is 46.6 Å². The lowest BCUT2D eigenvalue weighted by Gasteiger charge is -2.12. The summed E-state index contributed by atoms with van der Waals surface area (Å²) in [5.41, 5.74) is 2.28. The first kappa shape index (κ1) is 21.3. The van der Waals surface area contributed by atoms with Gasteiger partial charge in [-0.1, -0.05) is 26.0 Å². The molecule has 0 unspecified atom stereocenters. The Hall–Kier alpha value is -1.72. The van der Waals surface area contributed by atoms with Crippen molar-refractivity contribution in [2.45, 2.75) is 33.9 Å². The lowest BCUT2D eigenvalue weighted by Crippen LogP contribution is -2.13. The summed E-state index contributed by atoms with van der Waals surface area (Å²) in [4.78, 5) is 0. The third-order valence-corrected chi connectivity index (χ3v) is 4.05. The molecule has 2 aromatic rings. The second kappa shape index (κ2) is 11.8. The molecule has 0 radical (unpaired) electrons. The molecule has 0 saturated heterocycles. The average molecular weight is 410 g/mol. The van der Waals surface area contributed by atoms with Crippen LogP contribution in [0.2, 0.25) is 0 Å². The Morgan fingerprint density at radius 2 is 1.68 bits per heavy atom. The van der Waals surface area contributed by atoms with Crippen LogP contribution in [0.4, 0.5) is 0 Å². The van der Waals surface area contributed by atoms with E-state index < -0.39 is 0 Å². The molecule has 2 aromatic carbocycles. The van der Waals surface area contributed by atoms with Crippen molar-refractivity contribution < 1.29 is 14.2 Å². The summed E-state index contributed by atoms with van der Waals surface area (Å²) in [6.45, 7) is 8.12. The second-order valence-corrected chi connectivity index (χ2v) is 5.83. The molecule has 25 heavy (non-hydrogen) atoms. The van der Waals surface area contributed by atoms with E-state index in [1.54, 1.807) is 14.2 Å². The lowest BCUT2D eigenvalue weighted by molar-refractivity contribution is 0.338. The first-order valence-corrected chi connectivity index (χ1v) is 9.30. The Labute approximate surface area is 159 Å². The summed E-state index contributed by atoms with van der Waals surface area (Å²) in [7, 11) is 3.32. The van der Waals surface area contributed by atoms with Crippen LogP contribution in [-0.2, 0) is 13.1 Å². The van der Waals surface area contributed by atoms with Gasteiger partial charge in [-0.3, -0.25) is 0 Å². The van der Waals surface area contributed by atoms with Crippen molar-refractivity contribution in [3.8, 4) is 17.2 Å². The van der Waals surface area contributed by atoms with Crippen LogP contribution in [0.25, 0.3) is 0 Å². The molecule has 1 N–H and O–H groups in total. The van der Waals surface area contributed by atoms with Gasteiger partial charge in [-0.25, -0.2) is 0 Å². The average Bonchev–Trinajstić information content (AvgIpc) is 2.65. The van der Waals surface area contributed by atoms with Crippen molar-refractivity contribution in [3.63, 3.8) is 0 Å². The maximum Gasteiger partial charge on any atom is 0.133 e. The molecule has 0 amide bonds. The molecule has 0 fully saturated rings. The minimum Gasteiger partial charge on any atom is -0.497 e. The zero-order valence-corrected chi connectivity index (χ0v) is 17.3. The fourth-order valence-corrected chi connectivity index (χ4v) is 2.81. The van der Waals surface area contributed by atoms with Gasteiger partial charge in [0.25, 0.3) is 0 Å². The van der Waals surface area contributed by atoms with Crippen molar-refractivity contribution >= 4 is 15.9 Å². The van der Waals surface area contributed by atoms with Crippen LogP contribution in [0.15, 0.2) is 40.9 Å². The van der Waals surface area contributed by atoms with E-state index >= 15 is 0 Å². The molecule has 0 aromatic heterocycles. The molecule has 0 aliphatic rings. The summed E-state index contributed by atoms with van der Waals surface area (Å²) < 4.78 is 17.1. The summed E-state index contributed by atoms with van der Waals surface area (Å²) in [5.74, 6) is 2.49. The largest absolute Gasteiger partial charge is 0.497 e. The molecule has 2 rings (SSSR count). The molecular formula is C20H28BrNO3. The molecule has 0 atom stereocenters. The molecule has 0 spiro atoms. The normalized spacial score (nSPS) is 9.84. The van der Waals surface area contributed by atoms with Gasteiger partial charge < -0.3 is 19.5 Å². The maximum absolute atomic E-state index is 5.52. The topological polar surface area (TPSA) is 39.7 Å². The van der Waals surface area contributed by atoms with Crippen LogP contribution < -0.4 is 19.5 Å². The number of hydrogen-bond acceptors (Lipinski definition) is 4. The molecule has 0 bridgehead atoms. The summed E-state index contributed by atoms with van der Waals surface area (Å²) >= 11 is 3.54. The first-order valence-electron chi connectivity index (χ1n) is 8.50. The zero-order chi connectivity index (χ0) is 18.7. The second-order valence-electron chi connectivity index (χ2n) is 4.98. The van der Waals surface area contributed by atoms with E-state index in [9.17, 15) is 0 Å². The standard InChI is InChI=1S/C18H22BrNO3.C2H6/c1-4-23-17-8-5-13(9-16(17)19)11-20-12-14-6-7-15(21-2)10-18(14)22-3;1-2/h5-10,20H,4,11-12H2,1-3H3;1-2H3. The van der Waals surface area contributed by atoms with E-state index in [1.165, 1.54) is 5.56 Å². The Balaban J connectivity index is 0.00000151. The molecule has 0 aliphatic heterocycles. The van der Waals surface area contributed by atoms with E-state index in [1.807, 2.05) is 45.0 Å². The van der Waals surface area contributed by atoms with E-state index in [0.29, 0.717) is 6.61 Å². The number of benzene rings is 2. The summed E-state index contributed by atoms with van der Waals surface area (Å²) in [6, 6.07) is 12.0. The fourth-order valence-electron chi connectivity index (χ4n) is 2.27. The third-order valence-electron chi connectivity index (χ3n) is 3.43. The number of rotatable bonds is 8. The molecule has 138 valence electrons.